The molecule has 0 aromatic heterocycles. The minimum absolute atomic E-state index is 0.00242. The Morgan fingerprint density at radius 3 is 2.68 bits per heavy atom. The molecule has 5 nitrogen and oxygen atoms in total. The molecule has 0 bridgehead atoms. The second-order valence-electron chi connectivity index (χ2n) is 6.34. The van der Waals surface area contributed by atoms with E-state index in [-0.39, 0.29) is 17.5 Å². The van der Waals surface area contributed by atoms with Gasteiger partial charge in [-0.3, -0.25) is 9.69 Å². The molecule has 1 amide bonds. The largest absolute Gasteiger partial charge is 0.378 e. The highest BCUT2D eigenvalue weighted by Crippen LogP contribution is 2.26. The molecule has 0 aromatic rings. The summed E-state index contributed by atoms with van der Waals surface area (Å²) in [7, 11) is 0. The number of rotatable bonds is 6. The van der Waals surface area contributed by atoms with E-state index in [1.54, 1.807) is 0 Å². The van der Waals surface area contributed by atoms with Crippen LogP contribution in [0.2, 0.25) is 0 Å². The van der Waals surface area contributed by atoms with Gasteiger partial charge in [-0.2, -0.15) is 0 Å². The summed E-state index contributed by atoms with van der Waals surface area (Å²) in [5.41, 5.74) is 4.91. The molecule has 1 saturated heterocycles. The first kappa shape index (κ1) is 16.4. The molecule has 1 rings (SSSR count). The van der Waals surface area contributed by atoms with Crippen molar-refractivity contribution in [1.29, 1.82) is 0 Å². The molecule has 0 aromatic carbocycles. The Balaban J connectivity index is 2.76. The normalized spacial score (nSPS) is 24.7. The summed E-state index contributed by atoms with van der Waals surface area (Å²) in [6.07, 6.45) is 0.708. The number of nitrogens with zero attached hydrogens (tertiary/aromatic N) is 1. The molecular weight excluding hydrogens is 242 g/mol. The van der Waals surface area contributed by atoms with Crippen molar-refractivity contribution in [2.24, 2.45) is 5.73 Å². The Labute approximate surface area is 116 Å². The van der Waals surface area contributed by atoms with Crippen LogP contribution in [0.3, 0.4) is 0 Å². The van der Waals surface area contributed by atoms with Gasteiger partial charge in [-0.1, -0.05) is 6.92 Å². The third-order valence-electron chi connectivity index (χ3n) is 4.06. The number of hydrogen-bond donors (Lipinski definition) is 2. The zero-order chi connectivity index (χ0) is 14.7. The Hall–Kier alpha value is -0.650. The SMILES string of the molecule is CCNC(C)(CC(C)N1CCOCC1(C)C)C(N)=O. The number of primary amides is 1. The van der Waals surface area contributed by atoms with Gasteiger partial charge in [-0.15, -0.1) is 0 Å². The van der Waals surface area contributed by atoms with Crippen molar-refractivity contribution >= 4 is 5.91 Å². The van der Waals surface area contributed by atoms with Gasteiger partial charge in [0.1, 0.15) is 0 Å². The molecule has 1 fully saturated rings. The van der Waals surface area contributed by atoms with Crippen LogP contribution in [-0.2, 0) is 9.53 Å². The Bertz CT molecular complexity index is 320. The van der Waals surface area contributed by atoms with E-state index in [2.05, 4.69) is 31.0 Å². The van der Waals surface area contributed by atoms with Gasteiger partial charge in [0.05, 0.1) is 18.8 Å². The van der Waals surface area contributed by atoms with Gasteiger partial charge in [-0.25, -0.2) is 0 Å². The maximum absolute atomic E-state index is 11.7. The first-order chi connectivity index (χ1) is 8.73. The number of nitrogens with two attached hydrogens (primary N) is 1. The molecule has 0 radical (unpaired) electrons. The molecule has 0 aliphatic carbocycles. The smallest absolute Gasteiger partial charge is 0.237 e. The molecule has 0 spiro atoms. The summed E-state index contributed by atoms with van der Waals surface area (Å²) < 4.78 is 5.54. The molecular formula is C14H29N3O2. The molecule has 2 atom stereocenters. The molecule has 3 N–H and O–H groups in total. The van der Waals surface area contributed by atoms with Gasteiger partial charge >= 0.3 is 0 Å². The van der Waals surface area contributed by atoms with Crippen LogP contribution in [-0.4, -0.2) is 54.2 Å². The van der Waals surface area contributed by atoms with Crippen LogP contribution in [0.15, 0.2) is 0 Å². The number of nitrogens with one attached hydrogen (secondary N) is 1. The van der Waals surface area contributed by atoms with Gasteiger partial charge in [0, 0.05) is 18.1 Å². The van der Waals surface area contributed by atoms with E-state index < -0.39 is 5.54 Å². The quantitative estimate of drug-likeness (QED) is 0.747. The van der Waals surface area contributed by atoms with E-state index in [0.29, 0.717) is 6.42 Å². The molecule has 1 heterocycles. The van der Waals surface area contributed by atoms with E-state index in [1.165, 1.54) is 0 Å². The highest BCUT2D eigenvalue weighted by Gasteiger charge is 2.39. The standard InChI is InChI=1S/C14H29N3O2/c1-6-16-14(5,12(15)18)9-11(2)17-7-8-19-10-13(17,3)4/h11,16H,6-10H2,1-5H3,(H2,15,18). The third-order valence-corrected chi connectivity index (χ3v) is 4.06. The topological polar surface area (TPSA) is 67.6 Å². The summed E-state index contributed by atoms with van der Waals surface area (Å²) in [6, 6.07) is 0.274. The second-order valence-corrected chi connectivity index (χ2v) is 6.34. The summed E-state index contributed by atoms with van der Waals surface area (Å²) in [6.45, 7) is 13.5. The molecule has 112 valence electrons. The molecule has 5 heteroatoms. The van der Waals surface area contributed by atoms with Crippen LogP contribution in [0.5, 0.6) is 0 Å². The van der Waals surface area contributed by atoms with Crippen molar-refractivity contribution in [2.75, 3.05) is 26.3 Å². The lowest BCUT2D eigenvalue weighted by atomic mass is 9.89. The van der Waals surface area contributed by atoms with Crippen LogP contribution in [0.25, 0.3) is 0 Å². The predicted octanol–water partition coefficient (Wildman–Crippen LogP) is 0.729. The number of carbonyl (C=O) groups excluding carboxylic acids is 1. The van der Waals surface area contributed by atoms with Crippen molar-refractivity contribution < 1.29 is 9.53 Å². The average Bonchev–Trinajstić information content (AvgIpc) is 2.28. The van der Waals surface area contributed by atoms with Gasteiger partial charge in [0.15, 0.2) is 0 Å². The van der Waals surface area contributed by atoms with Crippen LogP contribution in [0.4, 0.5) is 0 Å². The van der Waals surface area contributed by atoms with Crippen molar-refractivity contribution in [2.45, 2.75) is 58.2 Å². The van der Waals surface area contributed by atoms with Crippen molar-refractivity contribution in [3.8, 4) is 0 Å². The first-order valence-electron chi connectivity index (χ1n) is 7.12. The van der Waals surface area contributed by atoms with E-state index in [0.717, 1.165) is 26.3 Å². The summed E-state index contributed by atoms with van der Waals surface area (Å²) in [5.74, 6) is -0.285. The number of carbonyl (C=O) groups is 1. The Kier molecular flexibility index (Phi) is 5.35. The number of hydrogen-bond acceptors (Lipinski definition) is 4. The first-order valence-corrected chi connectivity index (χ1v) is 7.12. The molecule has 19 heavy (non-hydrogen) atoms. The lowest BCUT2D eigenvalue weighted by Gasteiger charge is -2.47. The predicted molar refractivity (Wildman–Crippen MR) is 77.0 cm³/mol. The van der Waals surface area contributed by atoms with E-state index in [1.807, 2.05) is 13.8 Å². The minimum Gasteiger partial charge on any atom is -0.378 e. The zero-order valence-corrected chi connectivity index (χ0v) is 13.0. The number of ether oxygens (including phenoxy) is 1. The van der Waals surface area contributed by atoms with Crippen LogP contribution < -0.4 is 11.1 Å². The van der Waals surface area contributed by atoms with E-state index >= 15 is 0 Å². The van der Waals surface area contributed by atoms with Crippen LogP contribution >= 0.6 is 0 Å². The maximum atomic E-state index is 11.7. The maximum Gasteiger partial charge on any atom is 0.237 e. The van der Waals surface area contributed by atoms with Gasteiger partial charge in [-0.05, 0) is 40.7 Å². The van der Waals surface area contributed by atoms with E-state index in [4.69, 9.17) is 10.5 Å². The van der Waals surface area contributed by atoms with Gasteiger partial charge in [0.2, 0.25) is 5.91 Å². The summed E-state index contributed by atoms with van der Waals surface area (Å²) in [5, 5.41) is 3.22. The fourth-order valence-corrected chi connectivity index (χ4v) is 3.04. The van der Waals surface area contributed by atoms with Crippen LogP contribution in [0.1, 0.15) is 41.0 Å². The fourth-order valence-electron chi connectivity index (χ4n) is 3.04. The molecule has 1 aliphatic rings. The number of morpholine rings is 1. The monoisotopic (exact) mass is 271 g/mol. The third kappa shape index (κ3) is 3.91. The molecule has 2 unspecified atom stereocenters. The van der Waals surface area contributed by atoms with Crippen LogP contribution in [0, 0.1) is 0 Å². The lowest BCUT2D eigenvalue weighted by Crippen LogP contribution is -2.61. The minimum atomic E-state index is -0.650. The highest BCUT2D eigenvalue weighted by molar-refractivity contribution is 5.84. The zero-order valence-electron chi connectivity index (χ0n) is 13.0. The number of amides is 1. The molecule has 1 aliphatic heterocycles. The summed E-state index contributed by atoms with van der Waals surface area (Å²) in [4.78, 5) is 14.1. The fraction of sp³-hybridized carbons (Fsp3) is 0.929. The van der Waals surface area contributed by atoms with Crippen molar-refractivity contribution in [3.05, 3.63) is 0 Å². The number of likely N-dealkylation sites (N-methyl/N-ethyl adjacent to an activating group) is 1. The van der Waals surface area contributed by atoms with Crippen molar-refractivity contribution in [3.63, 3.8) is 0 Å². The van der Waals surface area contributed by atoms with Gasteiger partial charge in [0.25, 0.3) is 0 Å². The molecule has 0 saturated carbocycles. The summed E-state index contributed by atoms with van der Waals surface area (Å²) >= 11 is 0. The second kappa shape index (κ2) is 6.20. The highest BCUT2D eigenvalue weighted by atomic mass is 16.5. The van der Waals surface area contributed by atoms with Crippen molar-refractivity contribution in [1.82, 2.24) is 10.2 Å². The average molecular weight is 271 g/mol. The Morgan fingerprint density at radius 2 is 2.21 bits per heavy atom. The van der Waals surface area contributed by atoms with E-state index in [9.17, 15) is 4.79 Å². The van der Waals surface area contributed by atoms with Gasteiger partial charge < -0.3 is 15.8 Å². The Morgan fingerprint density at radius 1 is 1.58 bits per heavy atom. The lowest BCUT2D eigenvalue weighted by molar-refractivity contribution is -0.125.